The van der Waals surface area contributed by atoms with E-state index in [2.05, 4.69) is 0 Å². The summed E-state index contributed by atoms with van der Waals surface area (Å²) in [4.78, 5) is 10.9. The van der Waals surface area contributed by atoms with Gasteiger partial charge in [-0.2, -0.15) is 0 Å². The Bertz CT molecular complexity index is 515. The Labute approximate surface area is 114 Å². The Morgan fingerprint density at radius 1 is 1.21 bits per heavy atom. The summed E-state index contributed by atoms with van der Waals surface area (Å²) in [6, 6.07) is -1.43. The van der Waals surface area contributed by atoms with Crippen molar-refractivity contribution in [2.45, 2.75) is 33.2 Å². The molecule has 0 aliphatic carbocycles. The number of nitrogens with one attached hydrogen (secondary N) is 1. The third kappa shape index (κ3) is 9.85. The normalized spacial score (nSPS) is 15.2. The Hall–Kier alpha value is -0.670. The molecule has 0 aromatic carbocycles. The maximum absolute atomic E-state index is 11.8. The van der Waals surface area contributed by atoms with Gasteiger partial charge < -0.3 is 5.11 Å². The Balaban J connectivity index is 4.82. The fraction of sp³-hybridized carbons (Fsp3) is 0.900. The molecule has 0 amide bonds. The first kappa shape index (κ1) is 18.3. The molecule has 0 saturated heterocycles. The fourth-order valence-electron chi connectivity index (χ4n) is 1.39. The van der Waals surface area contributed by atoms with Gasteiger partial charge in [0.2, 0.25) is 10.0 Å². The number of hydrogen-bond donors (Lipinski definition) is 2. The summed E-state index contributed by atoms with van der Waals surface area (Å²) >= 11 is 0. The summed E-state index contributed by atoms with van der Waals surface area (Å²) in [6.45, 7) is 5.12. The molecule has 1 atom stereocenters. The maximum atomic E-state index is 11.8. The van der Waals surface area contributed by atoms with E-state index in [0.29, 0.717) is 0 Å². The van der Waals surface area contributed by atoms with Gasteiger partial charge in [-0.1, -0.05) is 20.8 Å². The van der Waals surface area contributed by atoms with Crippen molar-refractivity contribution in [3.63, 3.8) is 0 Å². The van der Waals surface area contributed by atoms with E-state index < -0.39 is 37.3 Å². The maximum Gasteiger partial charge on any atom is 0.321 e. The van der Waals surface area contributed by atoms with Gasteiger partial charge in [-0.25, -0.2) is 21.6 Å². The Morgan fingerprint density at radius 3 is 2.00 bits per heavy atom. The summed E-state index contributed by atoms with van der Waals surface area (Å²) in [5.74, 6) is -2.01. The average molecular weight is 315 g/mol. The van der Waals surface area contributed by atoms with Gasteiger partial charge >= 0.3 is 5.97 Å². The van der Waals surface area contributed by atoms with Gasteiger partial charge in [-0.05, 0) is 11.8 Å². The zero-order valence-corrected chi connectivity index (χ0v) is 13.1. The summed E-state index contributed by atoms with van der Waals surface area (Å²) in [5, 5.41) is 8.91. The third-order valence-electron chi connectivity index (χ3n) is 2.02. The molecule has 0 aromatic rings. The quantitative estimate of drug-likeness (QED) is 0.674. The van der Waals surface area contributed by atoms with E-state index in [0.717, 1.165) is 6.26 Å². The number of hydrogen-bond acceptors (Lipinski definition) is 5. The molecule has 0 aliphatic heterocycles. The van der Waals surface area contributed by atoms with E-state index in [1.54, 1.807) is 20.8 Å². The molecule has 0 aliphatic rings. The SMILES string of the molecule is CC(C)(C)CS(=O)(=O)NC(CCS(C)(=O)=O)C(=O)O. The van der Waals surface area contributed by atoms with Crippen LogP contribution >= 0.6 is 0 Å². The van der Waals surface area contributed by atoms with Gasteiger partial charge in [0.25, 0.3) is 0 Å². The zero-order valence-electron chi connectivity index (χ0n) is 11.5. The first-order valence-electron chi connectivity index (χ1n) is 5.62. The number of carboxylic acid groups (broad SMARTS) is 1. The molecule has 19 heavy (non-hydrogen) atoms. The lowest BCUT2D eigenvalue weighted by Crippen LogP contribution is -2.44. The lowest BCUT2D eigenvalue weighted by molar-refractivity contribution is -0.139. The smallest absolute Gasteiger partial charge is 0.321 e. The number of aliphatic carboxylic acids is 1. The standard InChI is InChI=1S/C10H21NO6S2/c1-10(2,3)7-19(16,17)11-8(9(12)13)5-6-18(4,14)15/h8,11H,5-7H2,1-4H3,(H,12,13). The summed E-state index contributed by atoms with van der Waals surface area (Å²) < 4.78 is 47.5. The molecule has 0 rings (SSSR count). The number of sulfone groups is 1. The summed E-state index contributed by atoms with van der Waals surface area (Å²) in [5.41, 5.74) is -0.522. The van der Waals surface area contributed by atoms with Crippen molar-refractivity contribution in [1.82, 2.24) is 4.72 Å². The van der Waals surface area contributed by atoms with Gasteiger partial charge in [-0.15, -0.1) is 0 Å². The average Bonchev–Trinajstić information content (AvgIpc) is 2.05. The van der Waals surface area contributed by atoms with E-state index in [1.807, 2.05) is 4.72 Å². The van der Waals surface area contributed by atoms with Gasteiger partial charge in [0.1, 0.15) is 15.9 Å². The van der Waals surface area contributed by atoms with Crippen molar-refractivity contribution < 1.29 is 26.7 Å². The second-order valence-corrected chi connectivity index (χ2v) is 9.76. The molecule has 0 aromatic heterocycles. The highest BCUT2D eigenvalue weighted by Crippen LogP contribution is 2.16. The molecule has 114 valence electrons. The summed E-state index contributed by atoms with van der Waals surface area (Å²) in [7, 11) is -7.12. The van der Waals surface area contributed by atoms with Crippen LogP contribution in [0.3, 0.4) is 0 Å². The Kier molecular flexibility index (Phi) is 5.97. The van der Waals surface area contributed by atoms with Crippen LogP contribution in [0.2, 0.25) is 0 Å². The fourth-order valence-corrected chi connectivity index (χ4v) is 3.93. The molecule has 0 bridgehead atoms. The van der Waals surface area contributed by atoms with E-state index in [9.17, 15) is 21.6 Å². The zero-order chi connectivity index (χ0) is 15.5. The van der Waals surface area contributed by atoms with Crippen molar-refractivity contribution in [2.24, 2.45) is 5.41 Å². The van der Waals surface area contributed by atoms with Crippen molar-refractivity contribution >= 4 is 25.8 Å². The van der Waals surface area contributed by atoms with Crippen molar-refractivity contribution in [3.05, 3.63) is 0 Å². The van der Waals surface area contributed by atoms with E-state index in [1.165, 1.54) is 0 Å². The highest BCUT2D eigenvalue weighted by atomic mass is 32.2. The monoisotopic (exact) mass is 315 g/mol. The third-order valence-corrected chi connectivity index (χ3v) is 4.89. The van der Waals surface area contributed by atoms with Crippen LogP contribution in [0.25, 0.3) is 0 Å². The first-order chi connectivity index (χ1) is 8.22. The predicted molar refractivity (Wildman–Crippen MR) is 72.1 cm³/mol. The largest absolute Gasteiger partial charge is 0.480 e. The minimum atomic E-state index is -3.78. The number of carbonyl (C=O) groups is 1. The molecule has 0 spiro atoms. The van der Waals surface area contributed by atoms with E-state index in [4.69, 9.17) is 5.11 Å². The molecular formula is C10H21NO6S2. The number of sulfonamides is 1. The number of carboxylic acids is 1. The minimum Gasteiger partial charge on any atom is -0.480 e. The number of rotatable bonds is 7. The highest BCUT2D eigenvalue weighted by molar-refractivity contribution is 7.90. The second-order valence-electron chi connectivity index (χ2n) is 5.75. The molecule has 1 unspecified atom stereocenters. The highest BCUT2D eigenvalue weighted by Gasteiger charge is 2.28. The van der Waals surface area contributed by atoms with E-state index >= 15 is 0 Å². The van der Waals surface area contributed by atoms with Gasteiger partial charge in [0.15, 0.2) is 0 Å². The predicted octanol–water partition coefficient (Wildman–Crippen LogP) is -0.160. The van der Waals surface area contributed by atoms with E-state index in [-0.39, 0.29) is 17.9 Å². The van der Waals surface area contributed by atoms with Crippen LogP contribution in [0.1, 0.15) is 27.2 Å². The van der Waals surface area contributed by atoms with Crippen LogP contribution in [0.4, 0.5) is 0 Å². The van der Waals surface area contributed by atoms with Crippen LogP contribution in [-0.4, -0.2) is 51.7 Å². The van der Waals surface area contributed by atoms with Crippen LogP contribution in [-0.2, 0) is 24.7 Å². The van der Waals surface area contributed by atoms with Crippen LogP contribution in [0.15, 0.2) is 0 Å². The first-order valence-corrected chi connectivity index (χ1v) is 9.34. The molecule has 7 nitrogen and oxygen atoms in total. The summed E-state index contributed by atoms with van der Waals surface area (Å²) in [6.07, 6.45) is 0.674. The van der Waals surface area contributed by atoms with Gasteiger partial charge in [-0.3, -0.25) is 4.79 Å². The lowest BCUT2D eigenvalue weighted by atomic mass is 10.0. The topological polar surface area (TPSA) is 118 Å². The lowest BCUT2D eigenvalue weighted by Gasteiger charge is -2.20. The van der Waals surface area contributed by atoms with Crippen LogP contribution in [0.5, 0.6) is 0 Å². The van der Waals surface area contributed by atoms with Crippen molar-refractivity contribution in [2.75, 3.05) is 17.8 Å². The van der Waals surface area contributed by atoms with Crippen molar-refractivity contribution in [1.29, 1.82) is 0 Å². The molecule has 0 fully saturated rings. The molecule has 0 saturated carbocycles. The second kappa shape index (κ2) is 6.19. The molecule has 2 N–H and O–H groups in total. The van der Waals surface area contributed by atoms with Crippen molar-refractivity contribution in [3.8, 4) is 0 Å². The van der Waals surface area contributed by atoms with Crippen LogP contribution in [0, 0.1) is 5.41 Å². The van der Waals surface area contributed by atoms with Gasteiger partial charge in [0, 0.05) is 6.26 Å². The van der Waals surface area contributed by atoms with Gasteiger partial charge in [0.05, 0.1) is 11.5 Å². The minimum absolute atomic E-state index is 0.233. The molecule has 9 heteroatoms. The Morgan fingerprint density at radius 2 is 1.68 bits per heavy atom. The van der Waals surface area contributed by atoms with Crippen LogP contribution < -0.4 is 4.72 Å². The molecule has 0 heterocycles. The molecule has 0 radical (unpaired) electrons. The molecular weight excluding hydrogens is 294 g/mol.